The van der Waals surface area contributed by atoms with Gasteiger partial charge in [0, 0.05) is 25.0 Å². The number of hydrogen-bond acceptors (Lipinski definition) is 3. The quantitative estimate of drug-likeness (QED) is 0.854. The van der Waals surface area contributed by atoms with E-state index in [2.05, 4.69) is 15.6 Å². The molecule has 3 nitrogen and oxygen atoms in total. The van der Waals surface area contributed by atoms with E-state index >= 15 is 0 Å². The fourth-order valence-corrected chi connectivity index (χ4v) is 2.49. The van der Waals surface area contributed by atoms with Crippen molar-refractivity contribution in [3.05, 3.63) is 35.6 Å². The van der Waals surface area contributed by atoms with Crippen LogP contribution in [0.5, 0.6) is 0 Å². The van der Waals surface area contributed by atoms with Gasteiger partial charge in [-0.1, -0.05) is 18.2 Å². The highest BCUT2D eigenvalue weighted by atomic mass is 19.1. The lowest BCUT2D eigenvalue weighted by atomic mass is 9.95. The van der Waals surface area contributed by atoms with Gasteiger partial charge >= 0.3 is 0 Å². The van der Waals surface area contributed by atoms with Crippen molar-refractivity contribution >= 4 is 5.96 Å². The summed E-state index contributed by atoms with van der Waals surface area (Å²) in [6.45, 7) is 2.61. The Morgan fingerprint density at radius 2 is 2.17 bits per heavy atom. The molecule has 1 aliphatic carbocycles. The van der Waals surface area contributed by atoms with Crippen LogP contribution in [0.3, 0.4) is 0 Å². The fourth-order valence-electron chi connectivity index (χ4n) is 2.49. The molecule has 96 valence electrons. The molecule has 3 rings (SSSR count). The first-order valence-corrected chi connectivity index (χ1v) is 6.57. The zero-order valence-electron chi connectivity index (χ0n) is 10.4. The largest absolute Gasteiger partial charge is 0.356 e. The third-order valence-corrected chi connectivity index (χ3v) is 3.79. The maximum atomic E-state index is 13.8. The summed E-state index contributed by atoms with van der Waals surface area (Å²) >= 11 is 0. The average molecular weight is 247 g/mol. The second-order valence-corrected chi connectivity index (χ2v) is 5.12. The van der Waals surface area contributed by atoms with Crippen molar-refractivity contribution in [2.24, 2.45) is 4.99 Å². The Kier molecular flexibility index (Phi) is 2.94. The summed E-state index contributed by atoms with van der Waals surface area (Å²) < 4.78 is 13.8. The minimum atomic E-state index is -0.0876. The van der Waals surface area contributed by atoms with Crippen LogP contribution in [0.2, 0.25) is 0 Å². The molecule has 0 aromatic heterocycles. The molecule has 1 saturated carbocycles. The van der Waals surface area contributed by atoms with Gasteiger partial charge in [-0.05, 0) is 30.9 Å². The van der Waals surface area contributed by atoms with Gasteiger partial charge in [-0.2, -0.15) is 0 Å². The summed E-state index contributed by atoms with van der Waals surface area (Å²) in [5.41, 5.74) is 0.821. The van der Waals surface area contributed by atoms with E-state index in [-0.39, 0.29) is 11.2 Å². The SMILES string of the molecule is Fc1ccccc1C1(CNC2=NCCCN2)CC1. The number of halogens is 1. The highest BCUT2D eigenvalue weighted by molar-refractivity contribution is 5.80. The monoisotopic (exact) mass is 247 g/mol. The summed E-state index contributed by atoms with van der Waals surface area (Å²) in [6.07, 6.45) is 3.19. The number of guanidine groups is 1. The Morgan fingerprint density at radius 1 is 1.33 bits per heavy atom. The lowest BCUT2D eigenvalue weighted by Crippen LogP contribution is -2.43. The van der Waals surface area contributed by atoms with Gasteiger partial charge in [0.1, 0.15) is 5.82 Å². The molecule has 4 heteroatoms. The van der Waals surface area contributed by atoms with E-state index < -0.39 is 0 Å². The van der Waals surface area contributed by atoms with Crippen LogP contribution >= 0.6 is 0 Å². The van der Waals surface area contributed by atoms with Gasteiger partial charge in [-0.25, -0.2) is 4.39 Å². The van der Waals surface area contributed by atoms with Crippen LogP contribution in [0.4, 0.5) is 4.39 Å². The van der Waals surface area contributed by atoms with Crippen molar-refractivity contribution in [3.8, 4) is 0 Å². The Bertz CT molecular complexity index is 466. The van der Waals surface area contributed by atoms with E-state index in [0.717, 1.165) is 50.4 Å². The van der Waals surface area contributed by atoms with Gasteiger partial charge < -0.3 is 10.6 Å². The average Bonchev–Trinajstić information content (AvgIpc) is 3.19. The Morgan fingerprint density at radius 3 is 2.83 bits per heavy atom. The molecule has 1 aromatic carbocycles. The van der Waals surface area contributed by atoms with Crippen molar-refractivity contribution in [2.75, 3.05) is 19.6 Å². The number of nitrogens with zero attached hydrogens (tertiary/aromatic N) is 1. The predicted octanol–water partition coefficient (Wildman–Crippen LogP) is 1.80. The molecule has 1 heterocycles. The van der Waals surface area contributed by atoms with Gasteiger partial charge in [0.2, 0.25) is 0 Å². The van der Waals surface area contributed by atoms with Crippen molar-refractivity contribution in [3.63, 3.8) is 0 Å². The molecule has 1 aliphatic heterocycles. The molecule has 2 aliphatic rings. The number of rotatable bonds is 3. The molecule has 2 N–H and O–H groups in total. The normalized spacial score (nSPS) is 20.8. The van der Waals surface area contributed by atoms with Crippen LogP contribution in [0.15, 0.2) is 29.3 Å². The first kappa shape index (κ1) is 11.5. The molecule has 18 heavy (non-hydrogen) atoms. The molecule has 0 radical (unpaired) electrons. The molecule has 0 saturated heterocycles. The third-order valence-electron chi connectivity index (χ3n) is 3.79. The van der Waals surface area contributed by atoms with Crippen molar-refractivity contribution in [1.82, 2.24) is 10.6 Å². The van der Waals surface area contributed by atoms with E-state index in [1.807, 2.05) is 12.1 Å². The van der Waals surface area contributed by atoms with Crippen LogP contribution in [0.1, 0.15) is 24.8 Å². The van der Waals surface area contributed by atoms with E-state index in [9.17, 15) is 4.39 Å². The highest BCUT2D eigenvalue weighted by Gasteiger charge is 2.45. The second kappa shape index (κ2) is 4.59. The molecular formula is C14H18FN3. The maximum Gasteiger partial charge on any atom is 0.191 e. The molecule has 0 bridgehead atoms. The topological polar surface area (TPSA) is 36.4 Å². The molecular weight excluding hydrogens is 229 g/mol. The van der Waals surface area contributed by atoms with Crippen molar-refractivity contribution in [2.45, 2.75) is 24.7 Å². The number of hydrogen-bond donors (Lipinski definition) is 2. The van der Waals surface area contributed by atoms with Gasteiger partial charge in [0.25, 0.3) is 0 Å². The number of benzene rings is 1. The zero-order chi connectivity index (χ0) is 12.4. The smallest absolute Gasteiger partial charge is 0.191 e. The van der Waals surface area contributed by atoms with Crippen LogP contribution in [-0.2, 0) is 5.41 Å². The van der Waals surface area contributed by atoms with Crippen molar-refractivity contribution in [1.29, 1.82) is 0 Å². The predicted molar refractivity (Wildman–Crippen MR) is 70.2 cm³/mol. The summed E-state index contributed by atoms with van der Waals surface area (Å²) in [5, 5.41) is 6.55. The lowest BCUT2D eigenvalue weighted by molar-refractivity contribution is 0.557. The van der Waals surface area contributed by atoms with Gasteiger partial charge in [0.05, 0.1) is 0 Å². The van der Waals surface area contributed by atoms with Gasteiger partial charge in [-0.3, -0.25) is 4.99 Å². The molecule has 0 unspecified atom stereocenters. The maximum absolute atomic E-state index is 13.8. The molecule has 0 atom stereocenters. The first-order valence-electron chi connectivity index (χ1n) is 6.57. The Hall–Kier alpha value is -1.58. The van der Waals surface area contributed by atoms with Crippen LogP contribution < -0.4 is 10.6 Å². The Labute approximate surface area is 106 Å². The van der Waals surface area contributed by atoms with Crippen LogP contribution in [-0.4, -0.2) is 25.6 Å². The van der Waals surface area contributed by atoms with E-state index in [1.165, 1.54) is 0 Å². The first-order chi connectivity index (χ1) is 8.80. The lowest BCUT2D eigenvalue weighted by Gasteiger charge is -2.21. The summed E-state index contributed by atoms with van der Waals surface area (Å²) in [7, 11) is 0. The second-order valence-electron chi connectivity index (χ2n) is 5.12. The summed E-state index contributed by atoms with van der Waals surface area (Å²) in [6, 6.07) is 7.11. The van der Waals surface area contributed by atoms with Crippen LogP contribution in [0, 0.1) is 5.82 Å². The van der Waals surface area contributed by atoms with Crippen molar-refractivity contribution < 1.29 is 4.39 Å². The highest BCUT2D eigenvalue weighted by Crippen LogP contribution is 2.48. The van der Waals surface area contributed by atoms with Gasteiger partial charge in [0.15, 0.2) is 5.96 Å². The molecule has 0 spiro atoms. The number of nitrogens with one attached hydrogen (secondary N) is 2. The van der Waals surface area contributed by atoms with Gasteiger partial charge in [-0.15, -0.1) is 0 Å². The van der Waals surface area contributed by atoms with E-state index in [1.54, 1.807) is 12.1 Å². The standard InChI is InChI=1S/C14H18FN3/c15-12-5-2-1-4-11(12)14(6-7-14)10-18-13-16-8-3-9-17-13/h1-2,4-5H,3,6-10H2,(H2,16,17,18). The third kappa shape index (κ3) is 2.19. The Balaban J connectivity index is 1.69. The summed E-state index contributed by atoms with van der Waals surface area (Å²) in [5.74, 6) is 0.777. The zero-order valence-corrected chi connectivity index (χ0v) is 10.4. The fraction of sp³-hybridized carbons (Fsp3) is 0.500. The minimum Gasteiger partial charge on any atom is -0.356 e. The number of aliphatic imine (C=N–C) groups is 1. The molecule has 1 aromatic rings. The van der Waals surface area contributed by atoms with E-state index in [0.29, 0.717) is 0 Å². The molecule has 0 amide bonds. The molecule has 1 fully saturated rings. The van der Waals surface area contributed by atoms with Crippen LogP contribution in [0.25, 0.3) is 0 Å². The summed E-state index contributed by atoms with van der Waals surface area (Å²) in [4.78, 5) is 4.38. The minimum absolute atomic E-state index is 0.0208. The van der Waals surface area contributed by atoms with E-state index in [4.69, 9.17) is 0 Å².